The number of aromatic amines is 1. The number of nitrogens with zero attached hydrogens (tertiary/aromatic N) is 2. The summed E-state index contributed by atoms with van der Waals surface area (Å²) in [6, 6.07) is 17.5. The quantitative estimate of drug-likeness (QED) is 0.456. The van der Waals surface area contributed by atoms with E-state index in [1.54, 1.807) is 42.5 Å². The summed E-state index contributed by atoms with van der Waals surface area (Å²) in [6.45, 7) is 0.462. The number of benzene rings is 2. The first-order valence-electron chi connectivity index (χ1n) is 10.1. The van der Waals surface area contributed by atoms with Gasteiger partial charge in [0, 0.05) is 29.6 Å². The van der Waals surface area contributed by atoms with Crippen molar-refractivity contribution < 1.29 is 13.2 Å². The molecule has 0 unspecified atom stereocenters. The largest absolute Gasteiger partial charge is 0.360 e. The summed E-state index contributed by atoms with van der Waals surface area (Å²) in [6.07, 6.45) is 2.43. The first kappa shape index (κ1) is 20.5. The predicted molar refractivity (Wildman–Crippen MR) is 127 cm³/mol. The number of hydrogen-bond donors (Lipinski definition) is 2. The number of anilines is 2. The van der Waals surface area contributed by atoms with E-state index < -0.39 is 10.0 Å². The van der Waals surface area contributed by atoms with Crippen LogP contribution in [-0.2, 0) is 10.0 Å². The van der Waals surface area contributed by atoms with Crippen LogP contribution in [0.5, 0.6) is 0 Å². The van der Waals surface area contributed by atoms with Crippen molar-refractivity contribution in [2.24, 2.45) is 0 Å². The lowest BCUT2D eigenvalue weighted by molar-refractivity contribution is 0.102. The van der Waals surface area contributed by atoms with E-state index in [0.29, 0.717) is 46.2 Å². The highest BCUT2D eigenvalue weighted by molar-refractivity contribution is 7.93. The van der Waals surface area contributed by atoms with E-state index in [4.69, 9.17) is 11.6 Å². The van der Waals surface area contributed by atoms with E-state index in [1.165, 1.54) is 4.31 Å². The van der Waals surface area contributed by atoms with Gasteiger partial charge in [0.15, 0.2) is 0 Å². The van der Waals surface area contributed by atoms with Gasteiger partial charge < -0.3 is 10.3 Å². The maximum Gasteiger partial charge on any atom is 0.255 e. The number of H-pyrrole nitrogens is 1. The van der Waals surface area contributed by atoms with Gasteiger partial charge in [-0.1, -0.05) is 11.6 Å². The lowest BCUT2D eigenvalue weighted by atomic mass is 10.1. The van der Waals surface area contributed by atoms with Crippen molar-refractivity contribution in [2.75, 3.05) is 21.9 Å². The van der Waals surface area contributed by atoms with E-state index >= 15 is 0 Å². The SMILES string of the molecule is O=C(Nc1ccc(Cl)c(-c2ccc3[nH]ccc3n2)c1)c1ccc(N2CCCS2(=O)=O)cc1. The zero-order valence-electron chi connectivity index (χ0n) is 16.9. The lowest BCUT2D eigenvalue weighted by Gasteiger charge is -2.17. The van der Waals surface area contributed by atoms with Gasteiger partial charge in [-0.3, -0.25) is 9.10 Å². The van der Waals surface area contributed by atoms with E-state index in [9.17, 15) is 13.2 Å². The number of nitrogens with one attached hydrogen (secondary N) is 2. The van der Waals surface area contributed by atoms with Crippen LogP contribution < -0.4 is 9.62 Å². The van der Waals surface area contributed by atoms with Crippen molar-refractivity contribution in [3.05, 3.63) is 77.4 Å². The number of carbonyl (C=O) groups is 1. The van der Waals surface area contributed by atoms with Gasteiger partial charge in [0.05, 0.1) is 33.2 Å². The number of sulfonamides is 1. The molecule has 162 valence electrons. The molecule has 1 aliphatic rings. The maximum absolute atomic E-state index is 12.8. The molecule has 4 aromatic rings. The van der Waals surface area contributed by atoms with Crippen molar-refractivity contribution in [3.8, 4) is 11.3 Å². The van der Waals surface area contributed by atoms with Crippen molar-refractivity contribution in [2.45, 2.75) is 6.42 Å². The van der Waals surface area contributed by atoms with Gasteiger partial charge >= 0.3 is 0 Å². The number of carbonyl (C=O) groups excluding carboxylic acids is 1. The molecule has 9 heteroatoms. The molecule has 1 saturated heterocycles. The van der Waals surface area contributed by atoms with Gasteiger partial charge in [-0.25, -0.2) is 13.4 Å². The van der Waals surface area contributed by atoms with Gasteiger partial charge in [0.1, 0.15) is 0 Å². The monoisotopic (exact) mass is 466 g/mol. The molecule has 0 saturated carbocycles. The molecule has 0 atom stereocenters. The Hall–Kier alpha value is -3.36. The minimum Gasteiger partial charge on any atom is -0.360 e. The highest BCUT2D eigenvalue weighted by Gasteiger charge is 2.28. The number of hydrogen-bond acceptors (Lipinski definition) is 4. The van der Waals surface area contributed by atoms with Crippen LogP contribution in [0.1, 0.15) is 16.8 Å². The fraction of sp³-hybridized carbons (Fsp3) is 0.130. The number of fused-ring (bicyclic) bond motifs is 1. The van der Waals surface area contributed by atoms with Crippen LogP contribution in [0.3, 0.4) is 0 Å². The smallest absolute Gasteiger partial charge is 0.255 e. The Labute approximate surface area is 190 Å². The first-order valence-corrected chi connectivity index (χ1v) is 12.1. The third kappa shape index (κ3) is 3.83. The summed E-state index contributed by atoms with van der Waals surface area (Å²) < 4.78 is 25.6. The van der Waals surface area contributed by atoms with Crippen molar-refractivity contribution in [1.29, 1.82) is 0 Å². The zero-order valence-corrected chi connectivity index (χ0v) is 18.4. The summed E-state index contributed by atoms with van der Waals surface area (Å²) >= 11 is 6.40. The van der Waals surface area contributed by atoms with Gasteiger partial charge in [0.25, 0.3) is 5.91 Å². The van der Waals surface area contributed by atoms with Crippen LogP contribution in [0.2, 0.25) is 5.02 Å². The number of rotatable bonds is 4. The normalized spacial score (nSPS) is 15.2. The van der Waals surface area contributed by atoms with Crippen LogP contribution in [0, 0.1) is 0 Å². The molecule has 0 bridgehead atoms. The van der Waals surface area contributed by atoms with Crippen LogP contribution in [0.15, 0.2) is 66.9 Å². The second-order valence-corrected chi connectivity index (χ2v) is 9.96. The lowest BCUT2D eigenvalue weighted by Crippen LogP contribution is -2.25. The average Bonchev–Trinajstić information content (AvgIpc) is 3.40. The maximum atomic E-state index is 12.8. The predicted octanol–water partition coefficient (Wildman–Crippen LogP) is 4.68. The number of halogens is 1. The summed E-state index contributed by atoms with van der Waals surface area (Å²) in [5, 5.41) is 3.40. The molecule has 2 N–H and O–H groups in total. The Morgan fingerprint density at radius 1 is 1.06 bits per heavy atom. The number of aromatic nitrogens is 2. The number of amides is 1. The third-order valence-corrected chi connectivity index (χ3v) is 7.62. The second-order valence-electron chi connectivity index (χ2n) is 7.54. The molecular formula is C23H19ClN4O3S. The number of pyridine rings is 1. The molecule has 5 rings (SSSR count). The van der Waals surface area contributed by atoms with Crippen LogP contribution in [0.4, 0.5) is 11.4 Å². The molecule has 1 aliphatic heterocycles. The van der Waals surface area contributed by atoms with Gasteiger partial charge in [-0.05, 0) is 67.1 Å². The third-order valence-electron chi connectivity index (χ3n) is 5.42. The van der Waals surface area contributed by atoms with E-state index in [-0.39, 0.29) is 11.7 Å². The Bertz CT molecular complexity index is 1430. The van der Waals surface area contributed by atoms with Gasteiger partial charge in [-0.2, -0.15) is 0 Å². The fourth-order valence-corrected chi connectivity index (χ4v) is 5.57. The minimum absolute atomic E-state index is 0.153. The first-order chi connectivity index (χ1) is 15.4. The Balaban J connectivity index is 1.37. The zero-order chi connectivity index (χ0) is 22.3. The molecule has 0 spiro atoms. The van der Waals surface area contributed by atoms with Crippen molar-refractivity contribution >= 4 is 49.9 Å². The van der Waals surface area contributed by atoms with Gasteiger partial charge in [-0.15, -0.1) is 0 Å². The molecule has 0 aliphatic carbocycles. The summed E-state index contributed by atoms with van der Waals surface area (Å²) in [5.41, 5.74) is 4.74. The van der Waals surface area contributed by atoms with E-state index in [0.717, 1.165) is 11.0 Å². The molecule has 2 aromatic carbocycles. The highest BCUT2D eigenvalue weighted by Crippen LogP contribution is 2.31. The van der Waals surface area contributed by atoms with Crippen molar-refractivity contribution in [1.82, 2.24) is 9.97 Å². The van der Waals surface area contributed by atoms with Crippen molar-refractivity contribution in [3.63, 3.8) is 0 Å². The minimum atomic E-state index is -3.25. The topological polar surface area (TPSA) is 95.2 Å². The van der Waals surface area contributed by atoms with Crippen LogP contribution >= 0.6 is 11.6 Å². The summed E-state index contributed by atoms with van der Waals surface area (Å²) in [5.74, 6) is -0.150. The van der Waals surface area contributed by atoms with Gasteiger partial charge in [0.2, 0.25) is 10.0 Å². The fourth-order valence-electron chi connectivity index (χ4n) is 3.80. The standard InChI is InChI=1S/C23H19ClN4O3S/c24-19-7-4-16(14-18(19)20-8-9-21-22(27-20)10-11-25-21)26-23(29)15-2-5-17(6-3-15)28-12-1-13-32(28,30)31/h2-11,14,25H,1,12-13H2,(H,26,29). The molecule has 3 heterocycles. The summed E-state index contributed by atoms with van der Waals surface area (Å²) in [7, 11) is -3.25. The molecule has 0 radical (unpaired) electrons. The molecular weight excluding hydrogens is 448 g/mol. The molecule has 1 fully saturated rings. The average molecular weight is 467 g/mol. The Morgan fingerprint density at radius 2 is 1.88 bits per heavy atom. The van der Waals surface area contributed by atoms with E-state index in [1.807, 2.05) is 24.4 Å². The van der Waals surface area contributed by atoms with Crippen LogP contribution in [0.25, 0.3) is 22.3 Å². The highest BCUT2D eigenvalue weighted by atomic mass is 35.5. The summed E-state index contributed by atoms with van der Waals surface area (Å²) in [4.78, 5) is 20.5. The van der Waals surface area contributed by atoms with Crippen LogP contribution in [-0.4, -0.2) is 36.6 Å². The Kier molecular flexibility index (Phi) is 5.11. The molecule has 7 nitrogen and oxygen atoms in total. The molecule has 32 heavy (non-hydrogen) atoms. The molecule has 2 aromatic heterocycles. The molecule has 1 amide bonds. The second kappa shape index (κ2) is 7.96. The Morgan fingerprint density at radius 3 is 2.62 bits per heavy atom. The van der Waals surface area contributed by atoms with E-state index in [2.05, 4.69) is 15.3 Å².